The van der Waals surface area contributed by atoms with E-state index < -0.39 is 0 Å². The normalized spacial score (nSPS) is 15.4. The fourth-order valence-electron chi connectivity index (χ4n) is 4.21. The number of aromatic nitrogens is 3. The maximum atomic E-state index is 13.1. The van der Waals surface area contributed by atoms with Crippen LogP contribution in [0.15, 0.2) is 73.2 Å². The van der Waals surface area contributed by atoms with Crippen LogP contribution < -0.4 is 5.32 Å². The molecular formula is C27H25N5O. The largest absolute Gasteiger partial charge is 0.367 e. The summed E-state index contributed by atoms with van der Waals surface area (Å²) in [7, 11) is 0. The highest BCUT2D eigenvalue weighted by molar-refractivity contribution is 5.93. The first-order valence-electron chi connectivity index (χ1n) is 11.6. The Hall–Kier alpha value is -3.80. The van der Waals surface area contributed by atoms with Gasteiger partial charge >= 0.3 is 0 Å². The molecule has 2 aromatic heterocycles. The Kier molecular flexibility index (Phi) is 4.98. The van der Waals surface area contributed by atoms with Crippen LogP contribution in [0.3, 0.4) is 0 Å². The topological polar surface area (TPSA) is 71.0 Å². The summed E-state index contributed by atoms with van der Waals surface area (Å²) in [4.78, 5) is 28.3. The summed E-state index contributed by atoms with van der Waals surface area (Å²) in [5.41, 5.74) is 4.80. The summed E-state index contributed by atoms with van der Waals surface area (Å²) in [5, 5.41) is 4.56. The minimum absolute atomic E-state index is 0.00199. The van der Waals surface area contributed by atoms with Crippen molar-refractivity contribution in [3.8, 4) is 11.1 Å². The van der Waals surface area contributed by atoms with Gasteiger partial charge in [-0.05, 0) is 72.7 Å². The van der Waals surface area contributed by atoms with Gasteiger partial charge in [0.15, 0.2) is 0 Å². The van der Waals surface area contributed by atoms with Gasteiger partial charge in [0, 0.05) is 30.2 Å². The van der Waals surface area contributed by atoms with E-state index in [9.17, 15) is 4.79 Å². The van der Waals surface area contributed by atoms with Gasteiger partial charge in [-0.3, -0.25) is 9.78 Å². The standard InChI is InChI=1S/C27H25N5O/c33-27(25-6-1-2-13-28-25)32(22-10-11-22)16-18-4-3-5-19(14-18)20-7-12-24-23(15-20)26(30-17-29-24)31-21-8-9-21/h1-7,12-15,17,21-22H,8-11,16H2,(H,29,30,31). The molecule has 2 saturated carbocycles. The first-order valence-corrected chi connectivity index (χ1v) is 11.6. The number of amides is 1. The van der Waals surface area contributed by atoms with E-state index in [0.29, 0.717) is 24.3 Å². The van der Waals surface area contributed by atoms with Gasteiger partial charge in [0.1, 0.15) is 17.8 Å². The fraction of sp³-hybridized carbons (Fsp3) is 0.259. The summed E-state index contributed by atoms with van der Waals surface area (Å²) in [5.74, 6) is 0.906. The summed E-state index contributed by atoms with van der Waals surface area (Å²) >= 11 is 0. The number of carbonyl (C=O) groups excluding carboxylic acids is 1. The van der Waals surface area contributed by atoms with Crippen molar-refractivity contribution in [2.24, 2.45) is 0 Å². The molecule has 0 radical (unpaired) electrons. The summed E-state index contributed by atoms with van der Waals surface area (Å²) in [6.07, 6.45) is 7.80. The highest BCUT2D eigenvalue weighted by Gasteiger charge is 2.33. The molecule has 2 aromatic carbocycles. The number of benzene rings is 2. The van der Waals surface area contributed by atoms with E-state index in [-0.39, 0.29) is 5.91 Å². The highest BCUT2D eigenvalue weighted by atomic mass is 16.2. The second-order valence-electron chi connectivity index (χ2n) is 8.95. The number of carbonyl (C=O) groups is 1. The fourth-order valence-corrected chi connectivity index (χ4v) is 4.21. The van der Waals surface area contributed by atoms with Gasteiger partial charge in [0.05, 0.1) is 5.52 Å². The minimum atomic E-state index is 0.00199. The van der Waals surface area contributed by atoms with E-state index in [4.69, 9.17) is 0 Å². The van der Waals surface area contributed by atoms with Gasteiger partial charge in [-0.1, -0.05) is 30.3 Å². The van der Waals surface area contributed by atoms with E-state index in [2.05, 4.69) is 62.7 Å². The Labute approximate surface area is 192 Å². The molecule has 4 aromatic rings. The van der Waals surface area contributed by atoms with Gasteiger partial charge < -0.3 is 10.2 Å². The van der Waals surface area contributed by atoms with Crippen molar-refractivity contribution < 1.29 is 4.79 Å². The molecule has 6 heteroatoms. The van der Waals surface area contributed by atoms with E-state index in [1.54, 1.807) is 18.6 Å². The number of nitrogens with one attached hydrogen (secondary N) is 1. The number of rotatable bonds is 7. The Balaban J connectivity index is 1.29. The SMILES string of the molecule is O=C(c1ccccn1)N(Cc1cccc(-c2ccc3ncnc(NC4CC4)c3c2)c1)C1CC1. The molecule has 2 aliphatic carbocycles. The van der Waals surface area contributed by atoms with Crippen LogP contribution in [-0.4, -0.2) is 37.8 Å². The van der Waals surface area contributed by atoms with E-state index in [1.165, 1.54) is 12.8 Å². The molecule has 2 aliphatic rings. The number of anilines is 1. The highest BCUT2D eigenvalue weighted by Crippen LogP contribution is 2.32. The van der Waals surface area contributed by atoms with Gasteiger partial charge in [-0.15, -0.1) is 0 Å². The van der Waals surface area contributed by atoms with Crippen LogP contribution in [0.4, 0.5) is 5.82 Å². The van der Waals surface area contributed by atoms with Crippen LogP contribution in [0.1, 0.15) is 41.7 Å². The van der Waals surface area contributed by atoms with Crippen LogP contribution in [0.25, 0.3) is 22.0 Å². The van der Waals surface area contributed by atoms with E-state index in [1.807, 2.05) is 17.0 Å². The molecule has 6 rings (SSSR count). The molecule has 0 spiro atoms. The van der Waals surface area contributed by atoms with Crippen LogP contribution in [0, 0.1) is 0 Å². The van der Waals surface area contributed by atoms with Crippen LogP contribution in [0.5, 0.6) is 0 Å². The monoisotopic (exact) mass is 435 g/mol. The quantitative estimate of drug-likeness (QED) is 0.439. The molecular weight excluding hydrogens is 410 g/mol. The van der Waals surface area contributed by atoms with Crippen molar-refractivity contribution in [3.05, 3.63) is 84.4 Å². The molecule has 0 bridgehead atoms. The third-order valence-corrected chi connectivity index (χ3v) is 6.30. The molecule has 164 valence electrons. The maximum Gasteiger partial charge on any atom is 0.272 e. The van der Waals surface area contributed by atoms with Crippen molar-refractivity contribution in [2.45, 2.75) is 44.3 Å². The molecule has 1 N–H and O–H groups in total. The molecule has 0 aliphatic heterocycles. The summed E-state index contributed by atoms with van der Waals surface area (Å²) < 4.78 is 0. The lowest BCUT2D eigenvalue weighted by Gasteiger charge is -2.22. The zero-order chi connectivity index (χ0) is 22.2. The lowest BCUT2D eigenvalue weighted by atomic mass is 10.0. The first kappa shape index (κ1) is 19.9. The zero-order valence-corrected chi connectivity index (χ0v) is 18.3. The Morgan fingerprint density at radius 1 is 0.909 bits per heavy atom. The average molecular weight is 436 g/mol. The number of hydrogen-bond donors (Lipinski definition) is 1. The molecule has 6 nitrogen and oxygen atoms in total. The summed E-state index contributed by atoms with van der Waals surface area (Å²) in [6, 6.07) is 21.1. The van der Waals surface area contributed by atoms with Gasteiger partial charge in [-0.2, -0.15) is 0 Å². The average Bonchev–Trinajstić information content (AvgIpc) is 3.78. The molecule has 0 unspecified atom stereocenters. The molecule has 1 amide bonds. The first-order chi connectivity index (χ1) is 16.2. The predicted octanol–water partition coefficient (Wildman–Crippen LogP) is 5.07. The zero-order valence-electron chi connectivity index (χ0n) is 18.3. The van der Waals surface area contributed by atoms with E-state index in [0.717, 1.165) is 46.3 Å². The van der Waals surface area contributed by atoms with Crippen LogP contribution >= 0.6 is 0 Å². The van der Waals surface area contributed by atoms with Crippen LogP contribution in [-0.2, 0) is 6.54 Å². The Morgan fingerprint density at radius 2 is 1.79 bits per heavy atom. The molecule has 0 atom stereocenters. The van der Waals surface area contributed by atoms with Crippen molar-refractivity contribution >= 4 is 22.6 Å². The van der Waals surface area contributed by atoms with Gasteiger partial charge in [-0.25, -0.2) is 9.97 Å². The lowest BCUT2D eigenvalue weighted by Crippen LogP contribution is -2.33. The molecule has 33 heavy (non-hydrogen) atoms. The van der Waals surface area contributed by atoms with Gasteiger partial charge in [0.25, 0.3) is 5.91 Å². The lowest BCUT2D eigenvalue weighted by molar-refractivity contribution is 0.0724. The Morgan fingerprint density at radius 3 is 2.58 bits per heavy atom. The number of nitrogens with zero attached hydrogens (tertiary/aromatic N) is 4. The molecule has 2 fully saturated rings. The van der Waals surface area contributed by atoms with Crippen molar-refractivity contribution in [1.29, 1.82) is 0 Å². The van der Waals surface area contributed by atoms with Crippen molar-refractivity contribution in [3.63, 3.8) is 0 Å². The van der Waals surface area contributed by atoms with Crippen molar-refractivity contribution in [1.82, 2.24) is 19.9 Å². The third-order valence-electron chi connectivity index (χ3n) is 6.30. The third kappa shape index (κ3) is 4.29. The van der Waals surface area contributed by atoms with Crippen molar-refractivity contribution in [2.75, 3.05) is 5.32 Å². The molecule has 2 heterocycles. The predicted molar refractivity (Wildman–Crippen MR) is 129 cm³/mol. The summed E-state index contributed by atoms with van der Waals surface area (Å²) in [6.45, 7) is 0.582. The number of fused-ring (bicyclic) bond motifs is 1. The maximum absolute atomic E-state index is 13.1. The number of hydrogen-bond acceptors (Lipinski definition) is 5. The smallest absolute Gasteiger partial charge is 0.272 e. The molecule has 0 saturated heterocycles. The van der Waals surface area contributed by atoms with Crippen LogP contribution in [0.2, 0.25) is 0 Å². The van der Waals surface area contributed by atoms with Gasteiger partial charge in [0.2, 0.25) is 0 Å². The number of pyridine rings is 1. The minimum Gasteiger partial charge on any atom is -0.367 e. The second-order valence-corrected chi connectivity index (χ2v) is 8.95. The second kappa shape index (κ2) is 8.28. The Bertz CT molecular complexity index is 1310. The van der Waals surface area contributed by atoms with E-state index >= 15 is 0 Å².